The smallest absolute Gasteiger partial charge is 0.233 e. The lowest BCUT2D eigenvalue weighted by molar-refractivity contribution is -0.128. The summed E-state index contributed by atoms with van der Waals surface area (Å²) in [7, 11) is 3.26. The number of carbonyl (C=O) groups is 1. The van der Waals surface area contributed by atoms with Crippen LogP contribution >= 0.6 is 11.8 Å². The molecule has 0 aliphatic carbocycles. The standard InChI is InChI=1S/C19H30N2O3S/c1-13(2)20(14(3)4)9-10-21-18(22)12-25-19(21)15-7-8-16(23-5)17(11-15)24-6/h7-8,11,13-14,19H,9-10,12H2,1-6H3. The minimum atomic E-state index is 0.0356. The molecular formula is C19H30N2O3S. The van der Waals surface area contributed by atoms with Gasteiger partial charge in [-0.05, 0) is 45.4 Å². The molecule has 1 aromatic rings. The first kappa shape index (κ1) is 19.9. The number of hydrogen-bond donors (Lipinski definition) is 0. The molecule has 140 valence electrons. The molecule has 0 radical (unpaired) electrons. The molecule has 1 unspecified atom stereocenters. The number of nitrogens with zero attached hydrogens (tertiary/aromatic N) is 2. The van der Waals surface area contributed by atoms with Gasteiger partial charge in [-0.25, -0.2) is 0 Å². The summed E-state index contributed by atoms with van der Waals surface area (Å²) >= 11 is 1.67. The normalized spacial score (nSPS) is 17.9. The maximum atomic E-state index is 12.4. The van der Waals surface area contributed by atoms with Crippen molar-refractivity contribution in [1.29, 1.82) is 0 Å². The van der Waals surface area contributed by atoms with Crippen LogP contribution in [0.5, 0.6) is 11.5 Å². The van der Waals surface area contributed by atoms with E-state index in [9.17, 15) is 4.79 Å². The number of carbonyl (C=O) groups excluding carboxylic acids is 1. The van der Waals surface area contributed by atoms with Crippen molar-refractivity contribution in [3.8, 4) is 11.5 Å². The van der Waals surface area contributed by atoms with E-state index < -0.39 is 0 Å². The van der Waals surface area contributed by atoms with Crippen LogP contribution in [0.4, 0.5) is 0 Å². The van der Waals surface area contributed by atoms with E-state index >= 15 is 0 Å². The maximum absolute atomic E-state index is 12.4. The highest BCUT2D eigenvalue weighted by Gasteiger charge is 2.33. The lowest BCUT2D eigenvalue weighted by Gasteiger charge is -2.33. The Labute approximate surface area is 155 Å². The van der Waals surface area contributed by atoms with E-state index in [1.807, 2.05) is 23.1 Å². The van der Waals surface area contributed by atoms with Crippen molar-refractivity contribution >= 4 is 17.7 Å². The minimum Gasteiger partial charge on any atom is -0.493 e. The number of benzene rings is 1. The van der Waals surface area contributed by atoms with Crippen LogP contribution in [0.25, 0.3) is 0 Å². The monoisotopic (exact) mass is 366 g/mol. The fourth-order valence-electron chi connectivity index (χ4n) is 3.31. The first-order valence-corrected chi connectivity index (χ1v) is 9.82. The number of hydrogen-bond acceptors (Lipinski definition) is 5. The molecule has 2 rings (SSSR count). The Morgan fingerprint density at radius 1 is 1.16 bits per heavy atom. The molecule has 0 aromatic heterocycles. The average molecular weight is 367 g/mol. The summed E-state index contributed by atoms with van der Waals surface area (Å²) < 4.78 is 10.7. The van der Waals surface area contributed by atoms with Crippen molar-refractivity contribution in [2.24, 2.45) is 0 Å². The molecule has 1 aliphatic rings. The summed E-state index contributed by atoms with van der Waals surface area (Å²) in [6, 6.07) is 6.83. The molecule has 1 aromatic carbocycles. The predicted molar refractivity (Wildman–Crippen MR) is 103 cm³/mol. The molecule has 1 heterocycles. The third-order valence-corrected chi connectivity index (χ3v) is 5.84. The van der Waals surface area contributed by atoms with E-state index in [0.29, 0.717) is 29.3 Å². The Hall–Kier alpha value is -1.40. The second kappa shape index (κ2) is 8.81. The summed E-state index contributed by atoms with van der Waals surface area (Å²) in [5.41, 5.74) is 1.08. The van der Waals surface area contributed by atoms with E-state index in [4.69, 9.17) is 9.47 Å². The first-order chi connectivity index (χ1) is 11.9. The van der Waals surface area contributed by atoms with Crippen LogP contribution in [-0.2, 0) is 4.79 Å². The Morgan fingerprint density at radius 3 is 2.36 bits per heavy atom. The highest BCUT2D eigenvalue weighted by atomic mass is 32.2. The Kier molecular flexibility index (Phi) is 7.02. The van der Waals surface area contributed by atoms with Crippen molar-refractivity contribution in [3.63, 3.8) is 0 Å². The van der Waals surface area contributed by atoms with Gasteiger partial charge in [-0.2, -0.15) is 0 Å². The summed E-state index contributed by atoms with van der Waals surface area (Å²) in [6.07, 6.45) is 0. The van der Waals surface area contributed by atoms with Crippen LogP contribution in [0.2, 0.25) is 0 Å². The quantitative estimate of drug-likeness (QED) is 0.705. The van der Waals surface area contributed by atoms with Gasteiger partial charge in [0, 0.05) is 25.2 Å². The van der Waals surface area contributed by atoms with Crippen LogP contribution < -0.4 is 9.47 Å². The summed E-state index contributed by atoms with van der Waals surface area (Å²) in [6.45, 7) is 10.4. The largest absolute Gasteiger partial charge is 0.493 e. The molecule has 5 nitrogen and oxygen atoms in total. The number of amides is 1. The van der Waals surface area contributed by atoms with Gasteiger partial charge in [0.05, 0.1) is 20.0 Å². The van der Waals surface area contributed by atoms with Crippen molar-refractivity contribution in [1.82, 2.24) is 9.80 Å². The Morgan fingerprint density at radius 2 is 1.80 bits per heavy atom. The molecule has 1 atom stereocenters. The van der Waals surface area contributed by atoms with Gasteiger partial charge in [-0.1, -0.05) is 6.07 Å². The number of ether oxygens (including phenoxy) is 2. The Balaban J connectivity index is 2.16. The van der Waals surface area contributed by atoms with Crippen LogP contribution in [0.1, 0.15) is 38.6 Å². The van der Waals surface area contributed by atoms with E-state index in [0.717, 1.165) is 18.7 Å². The van der Waals surface area contributed by atoms with Crippen LogP contribution in [0, 0.1) is 0 Å². The molecule has 1 fully saturated rings. The van der Waals surface area contributed by atoms with Crippen molar-refractivity contribution < 1.29 is 14.3 Å². The van der Waals surface area contributed by atoms with Gasteiger partial charge in [0.25, 0.3) is 0 Å². The van der Waals surface area contributed by atoms with Gasteiger partial charge in [-0.3, -0.25) is 9.69 Å². The van der Waals surface area contributed by atoms with E-state index in [-0.39, 0.29) is 11.3 Å². The Bertz CT molecular complexity index is 584. The number of methoxy groups -OCH3 is 2. The second-order valence-corrected chi connectivity index (χ2v) is 7.86. The first-order valence-electron chi connectivity index (χ1n) is 8.77. The van der Waals surface area contributed by atoms with Gasteiger partial charge in [0.2, 0.25) is 5.91 Å². The fourth-order valence-corrected chi connectivity index (χ4v) is 4.52. The lowest BCUT2D eigenvalue weighted by Crippen LogP contribution is -2.43. The van der Waals surface area contributed by atoms with E-state index in [1.165, 1.54) is 0 Å². The highest BCUT2D eigenvalue weighted by Crippen LogP contribution is 2.41. The predicted octanol–water partition coefficient (Wildman–Crippen LogP) is 3.40. The van der Waals surface area contributed by atoms with Gasteiger partial charge in [-0.15, -0.1) is 11.8 Å². The summed E-state index contributed by atoms with van der Waals surface area (Å²) in [4.78, 5) is 16.8. The van der Waals surface area contributed by atoms with Crippen LogP contribution in [0.3, 0.4) is 0 Å². The molecular weight excluding hydrogens is 336 g/mol. The average Bonchev–Trinajstić information content (AvgIpc) is 2.94. The van der Waals surface area contributed by atoms with Gasteiger partial charge < -0.3 is 14.4 Å². The second-order valence-electron chi connectivity index (χ2n) is 6.79. The molecule has 1 saturated heterocycles. The van der Waals surface area contributed by atoms with Crippen LogP contribution in [-0.4, -0.2) is 60.9 Å². The van der Waals surface area contributed by atoms with Crippen LogP contribution in [0.15, 0.2) is 18.2 Å². The molecule has 0 spiro atoms. The molecule has 0 saturated carbocycles. The zero-order chi connectivity index (χ0) is 18.6. The molecule has 25 heavy (non-hydrogen) atoms. The van der Waals surface area contributed by atoms with Crippen molar-refractivity contribution in [2.75, 3.05) is 33.1 Å². The van der Waals surface area contributed by atoms with Gasteiger partial charge >= 0.3 is 0 Å². The van der Waals surface area contributed by atoms with Gasteiger partial charge in [0.1, 0.15) is 5.37 Å². The van der Waals surface area contributed by atoms with E-state index in [1.54, 1.807) is 26.0 Å². The summed E-state index contributed by atoms with van der Waals surface area (Å²) in [5, 5.41) is 0.0356. The SMILES string of the molecule is COc1ccc(C2SCC(=O)N2CCN(C(C)C)C(C)C)cc1OC. The molecule has 1 amide bonds. The number of thioether (sulfide) groups is 1. The van der Waals surface area contributed by atoms with Crippen molar-refractivity contribution in [2.45, 2.75) is 45.2 Å². The minimum absolute atomic E-state index is 0.0356. The number of rotatable bonds is 8. The third-order valence-electron chi connectivity index (χ3n) is 4.59. The lowest BCUT2D eigenvalue weighted by atomic mass is 10.1. The van der Waals surface area contributed by atoms with Crippen molar-refractivity contribution in [3.05, 3.63) is 23.8 Å². The molecule has 0 N–H and O–H groups in total. The van der Waals surface area contributed by atoms with E-state index in [2.05, 4.69) is 32.6 Å². The molecule has 1 aliphatic heterocycles. The van der Waals surface area contributed by atoms with Gasteiger partial charge in [0.15, 0.2) is 11.5 Å². The fraction of sp³-hybridized carbons (Fsp3) is 0.632. The molecule has 0 bridgehead atoms. The highest BCUT2D eigenvalue weighted by molar-refractivity contribution is 8.00. The molecule has 6 heteroatoms. The third kappa shape index (κ3) is 4.61. The zero-order valence-corrected chi connectivity index (χ0v) is 16.9. The summed E-state index contributed by atoms with van der Waals surface area (Å²) in [5.74, 6) is 2.14. The zero-order valence-electron chi connectivity index (χ0n) is 16.1. The topological polar surface area (TPSA) is 42.0 Å². The maximum Gasteiger partial charge on any atom is 0.233 e.